The van der Waals surface area contributed by atoms with Gasteiger partial charge in [-0.25, -0.2) is 4.98 Å². The summed E-state index contributed by atoms with van der Waals surface area (Å²) in [7, 11) is 0. The third-order valence-corrected chi connectivity index (χ3v) is 4.49. The normalized spacial score (nSPS) is 11.7. The second-order valence-electron chi connectivity index (χ2n) is 6.93. The van der Waals surface area contributed by atoms with Crippen molar-refractivity contribution in [2.45, 2.75) is 39.2 Å². The number of nitrogens with zero attached hydrogens (tertiary/aromatic N) is 1. The highest BCUT2D eigenvalue weighted by Gasteiger charge is 2.12. The van der Waals surface area contributed by atoms with Crippen molar-refractivity contribution in [3.8, 4) is 11.3 Å². The van der Waals surface area contributed by atoms with Crippen molar-refractivity contribution in [3.05, 3.63) is 72.2 Å². The summed E-state index contributed by atoms with van der Waals surface area (Å²) in [6.07, 6.45) is 3.36. The predicted octanol–water partition coefficient (Wildman–Crippen LogP) is 4.50. The molecule has 0 bridgehead atoms. The number of aryl methyl sites for hydroxylation is 1. The summed E-state index contributed by atoms with van der Waals surface area (Å²) in [5, 5.41) is 5.74. The molecule has 3 rings (SSSR count). The van der Waals surface area contributed by atoms with Gasteiger partial charge in [0.05, 0.1) is 12.2 Å². The van der Waals surface area contributed by atoms with Gasteiger partial charge in [0.15, 0.2) is 11.7 Å². The van der Waals surface area contributed by atoms with Gasteiger partial charge in [-0.15, -0.1) is 0 Å². The number of amides is 2. The van der Waals surface area contributed by atoms with Crippen molar-refractivity contribution < 1.29 is 14.0 Å². The largest absolute Gasteiger partial charge is 0.441 e. The number of rotatable bonds is 8. The van der Waals surface area contributed by atoms with E-state index in [0.717, 1.165) is 16.9 Å². The van der Waals surface area contributed by atoms with Crippen LogP contribution in [0.1, 0.15) is 44.2 Å². The van der Waals surface area contributed by atoms with E-state index in [1.165, 1.54) is 6.92 Å². The van der Waals surface area contributed by atoms with Crippen molar-refractivity contribution in [2.24, 2.45) is 0 Å². The lowest BCUT2D eigenvalue weighted by Crippen LogP contribution is -2.26. The Bertz CT molecular complexity index is 966. The average molecular weight is 391 g/mol. The van der Waals surface area contributed by atoms with Crippen molar-refractivity contribution in [3.63, 3.8) is 0 Å². The van der Waals surface area contributed by atoms with Crippen LogP contribution in [0.15, 0.2) is 65.2 Å². The molecule has 0 saturated heterocycles. The van der Waals surface area contributed by atoms with E-state index in [1.54, 1.807) is 6.20 Å². The van der Waals surface area contributed by atoms with Crippen LogP contribution in [-0.2, 0) is 16.0 Å². The van der Waals surface area contributed by atoms with Gasteiger partial charge in [0.25, 0.3) is 0 Å². The van der Waals surface area contributed by atoms with E-state index in [1.807, 2.05) is 61.5 Å². The summed E-state index contributed by atoms with van der Waals surface area (Å²) in [4.78, 5) is 27.8. The molecular formula is C23H25N3O3. The van der Waals surface area contributed by atoms with Crippen molar-refractivity contribution in [1.82, 2.24) is 10.3 Å². The van der Waals surface area contributed by atoms with Gasteiger partial charge in [-0.05, 0) is 31.0 Å². The maximum absolute atomic E-state index is 12.3. The molecular weight excluding hydrogens is 366 g/mol. The zero-order valence-corrected chi connectivity index (χ0v) is 16.6. The highest BCUT2D eigenvalue weighted by molar-refractivity contribution is 5.88. The van der Waals surface area contributed by atoms with E-state index < -0.39 is 0 Å². The first-order chi connectivity index (χ1) is 14.0. The molecule has 29 heavy (non-hydrogen) atoms. The monoisotopic (exact) mass is 391 g/mol. The third-order valence-electron chi connectivity index (χ3n) is 4.49. The quantitative estimate of drug-likeness (QED) is 0.592. The second-order valence-corrected chi connectivity index (χ2v) is 6.93. The number of carbonyl (C=O) groups excluding carboxylic acids is 2. The molecule has 0 spiro atoms. The van der Waals surface area contributed by atoms with Crippen molar-refractivity contribution in [2.75, 3.05) is 5.32 Å². The predicted molar refractivity (Wildman–Crippen MR) is 112 cm³/mol. The van der Waals surface area contributed by atoms with Crippen LogP contribution in [0.25, 0.3) is 11.3 Å². The highest BCUT2D eigenvalue weighted by Crippen LogP contribution is 2.21. The van der Waals surface area contributed by atoms with Crippen LogP contribution >= 0.6 is 0 Å². The zero-order valence-electron chi connectivity index (χ0n) is 16.6. The number of oxazole rings is 1. The van der Waals surface area contributed by atoms with E-state index in [-0.39, 0.29) is 17.9 Å². The molecule has 0 saturated carbocycles. The molecule has 0 radical (unpaired) electrons. The minimum atomic E-state index is -0.150. The summed E-state index contributed by atoms with van der Waals surface area (Å²) >= 11 is 0. The van der Waals surface area contributed by atoms with Crippen molar-refractivity contribution >= 4 is 17.5 Å². The van der Waals surface area contributed by atoms with Gasteiger partial charge >= 0.3 is 0 Å². The Labute approximate surface area is 170 Å². The zero-order chi connectivity index (χ0) is 20.6. The number of anilines is 1. The molecule has 1 unspecified atom stereocenters. The Kier molecular flexibility index (Phi) is 6.79. The lowest BCUT2D eigenvalue weighted by atomic mass is 10.1. The Balaban J connectivity index is 1.46. The fourth-order valence-corrected chi connectivity index (χ4v) is 3.05. The fourth-order valence-electron chi connectivity index (χ4n) is 3.05. The van der Waals surface area contributed by atoms with E-state index in [2.05, 4.69) is 15.6 Å². The molecule has 150 valence electrons. The number of carbonyl (C=O) groups is 2. The molecule has 2 aromatic carbocycles. The van der Waals surface area contributed by atoms with Gasteiger partial charge in [0.1, 0.15) is 0 Å². The number of benzene rings is 2. The number of hydrogen-bond donors (Lipinski definition) is 2. The molecule has 3 aromatic rings. The average Bonchev–Trinajstić information content (AvgIpc) is 3.17. The number of hydrogen-bond acceptors (Lipinski definition) is 4. The minimum absolute atomic E-state index is 0.0303. The highest BCUT2D eigenvalue weighted by atomic mass is 16.4. The van der Waals surface area contributed by atoms with Gasteiger partial charge in [-0.3, -0.25) is 9.59 Å². The smallest absolute Gasteiger partial charge is 0.221 e. The van der Waals surface area contributed by atoms with E-state index in [9.17, 15) is 9.59 Å². The van der Waals surface area contributed by atoms with Gasteiger partial charge in [0.2, 0.25) is 11.8 Å². The van der Waals surface area contributed by atoms with Crippen LogP contribution in [0.2, 0.25) is 0 Å². The van der Waals surface area contributed by atoms with Gasteiger partial charge in [-0.2, -0.15) is 0 Å². The van der Waals surface area contributed by atoms with Gasteiger partial charge in [0, 0.05) is 31.0 Å². The molecule has 0 aliphatic rings. The molecule has 6 nitrogen and oxygen atoms in total. The summed E-state index contributed by atoms with van der Waals surface area (Å²) < 4.78 is 5.77. The Morgan fingerprint density at radius 3 is 2.66 bits per heavy atom. The lowest BCUT2D eigenvalue weighted by molar-refractivity contribution is -0.121. The SMILES string of the molecule is CC(=O)Nc1cccc(C(C)NC(=O)CCCc2ncc(-c3ccccc3)o2)c1. The maximum Gasteiger partial charge on any atom is 0.221 e. The molecule has 2 amide bonds. The molecule has 0 aliphatic carbocycles. The molecule has 1 aromatic heterocycles. The summed E-state index contributed by atoms with van der Waals surface area (Å²) in [6, 6.07) is 17.1. The summed E-state index contributed by atoms with van der Waals surface area (Å²) in [5.74, 6) is 1.21. The van der Waals surface area contributed by atoms with Crippen molar-refractivity contribution in [1.29, 1.82) is 0 Å². The molecule has 0 fully saturated rings. The van der Waals surface area contributed by atoms with E-state index >= 15 is 0 Å². The second kappa shape index (κ2) is 9.68. The van der Waals surface area contributed by atoms with E-state index in [4.69, 9.17) is 4.42 Å². The minimum Gasteiger partial charge on any atom is -0.441 e. The molecule has 0 aliphatic heterocycles. The Morgan fingerprint density at radius 2 is 1.90 bits per heavy atom. The molecule has 6 heteroatoms. The van der Waals surface area contributed by atoms with Crippen LogP contribution in [-0.4, -0.2) is 16.8 Å². The first-order valence-electron chi connectivity index (χ1n) is 9.68. The maximum atomic E-state index is 12.3. The summed E-state index contributed by atoms with van der Waals surface area (Å²) in [6.45, 7) is 3.39. The fraction of sp³-hybridized carbons (Fsp3) is 0.261. The van der Waals surface area contributed by atoms with E-state index in [0.29, 0.717) is 30.8 Å². The van der Waals surface area contributed by atoms with Gasteiger partial charge in [-0.1, -0.05) is 42.5 Å². The Morgan fingerprint density at radius 1 is 1.10 bits per heavy atom. The van der Waals surface area contributed by atoms with Crippen LogP contribution in [0.4, 0.5) is 5.69 Å². The molecule has 2 N–H and O–H groups in total. The lowest BCUT2D eigenvalue weighted by Gasteiger charge is -2.15. The third kappa shape index (κ3) is 6.04. The van der Waals surface area contributed by atoms with Crippen LogP contribution in [0.3, 0.4) is 0 Å². The standard InChI is InChI=1S/C23H25N3O3/c1-16(19-10-6-11-20(14-19)26-17(2)27)25-22(28)12-7-13-23-24-15-21(29-23)18-8-4-3-5-9-18/h3-6,8-11,14-16H,7,12-13H2,1-2H3,(H,25,28)(H,26,27). The number of aromatic nitrogens is 1. The van der Waals surface area contributed by atoms with Gasteiger partial charge < -0.3 is 15.1 Å². The molecule has 1 heterocycles. The van der Waals surface area contributed by atoms with Crippen LogP contribution < -0.4 is 10.6 Å². The Hall–Kier alpha value is -3.41. The first-order valence-corrected chi connectivity index (χ1v) is 9.68. The topological polar surface area (TPSA) is 84.2 Å². The first kappa shape index (κ1) is 20.3. The van der Waals surface area contributed by atoms with Crippen LogP contribution in [0, 0.1) is 0 Å². The summed E-state index contributed by atoms with van der Waals surface area (Å²) in [5.41, 5.74) is 2.64. The number of nitrogens with one attached hydrogen (secondary N) is 2. The van der Waals surface area contributed by atoms with Crippen LogP contribution in [0.5, 0.6) is 0 Å². The molecule has 1 atom stereocenters.